The largest absolute Gasteiger partial charge is 0.368 e. The van der Waals surface area contributed by atoms with Crippen LogP contribution in [0.5, 0.6) is 0 Å². The fourth-order valence-corrected chi connectivity index (χ4v) is 3.24. The monoisotopic (exact) mass is 331 g/mol. The van der Waals surface area contributed by atoms with Gasteiger partial charge in [0.2, 0.25) is 0 Å². The van der Waals surface area contributed by atoms with Crippen molar-refractivity contribution < 1.29 is 4.79 Å². The lowest BCUT2D eigenvalue weighted by Crippen LogP contribution is -2.48. The molecule has 1 fully saturated rings. The van der Waals surface area contributed by atoms with Gasteiger partial charge in [-0.05, 0) is 36.4 Å². The number of hydrogen-bond acceptors (Lipinski definition) is 4. The molecule has 0 atom stereocenters. The van der Waals surface area contributed by atoms with Crippen molar-refractivity contribution in [3.05, 3.63) is 59.8 Å². The number of carbonyl (C=O) groups is 1. The third-order valence-electron chi connectivity index (χ3n) is 4.64. The summed E-state index contributed by atoms with van der Waals surface area (Å²) in [6.07, 6.45) is 1.70. The Morgan fingerprint density at radius 1 is 1.08 bits per heavy atom. The molecule has 1 aromatic heterocycles. The molecule has 0 unspecified atom stereocenters. The van der Waals surface area contributed by atoms with Gasteiger partial charge in [0.15, 0.2) is 0 Å². The highest BCUT2D eigenvalue weighted by molar-refractivity contribution is 6.06. The maximum Gasteiger partial charge on any atom is 0.254 e. The number of aromatic amines is 1. The van der Waals surface area contributed by atoms with Gasteiger partial charge in [-0.25, -0.2) is 0 Å². The number of piperazine rings is 1. The Bertz CT molecular complexity index is 946. The first kappa shape index (κ1) is 15.2. The van der Waals surface area contributed by atoms with E-state index in [0.29, 0.717) is 24.2 Å². The summed E-state index contributed by atoms with van der Waals surface area (Å²) in [5.74, 6) is 0.0477. The quantitative estimate of drug-likeness (QED) is 0.782. The van der Waals surface area contributed by atoms with E-state index in [1.54, 1.807) is 6.20 Å². The number of H-pyrrole nitrogens is 1. The van der Waals surface area contributed by atoms with E-state index in [-0.39, 0.29) is 5.91 Å². The summed E-state index contributed by atoms with van der Waals surface area (Å²) < 4.78 is 0. The molecule has 6 nitrogen and oxygen atoms in total. The molecule has 2 aromatic carbocycles. The molecule has 0 aliphatic carbocycles. The predicted molar refractivity (Wildman–Crippen MR) is 95.4 cm³/mol. The fourth-order valence-electron chi connectivity index (χ4n) is 3.24. The number of nitrogens with zero attached hydrogens (tertiary/aromatic N) is 4. The molecule has 6 heteroatoms. The second-order valence-electron chi connectivity index (χ2n) is 6.07. The van der Waals surface area contributed by atoms with Crippen molar-refractivity contribution in [1.82, 2.24) is 15.1 Å². The molecule has 25 heavy (non-hydrogen) atoms. The van der Waals surface area contributed by atoms with Crippen LogP contribution in [0.25, 0.3) is 10.9 Å². The van der Waals surface area contributed by atoms with Crippen LogP contribution in [-0.4, -0.2) is 47.2 Å². The molecule has 3 aromatic rings. The Balaban J connectivity index is 1.47. The van der Waals surface area contributed by atoms with E-state index in [1.807, 2.05) is 47.4 Å². The summed E-state index contributed by atoms with van der Waals surface area (Å²) in [7, 11) is 0. The smallest absolute Gasteiger partial charge is 0.254 e. The van der Waals surface area contributed by atoms with E-state index in [1.165, 1.54) is 0 Å². The number of benzene rings is 2. The minimum absolute atomic E-state index is 0.0477. The lowest BCUT2D eigenvalue weighted by molar-refractivity contribution is 0.0749. The van der Waals surface area contributed by atoms with Crippen molar-refractivity contribution in [2.24, 2.45) is 0 Å². The van der Waals surface area contributed by atoms with Gasteiger partial charge in [0.05, 0.1) is 28.9 Å². The maximum absolute atomic E-state index is 12.9. The van der Waals surface area contributed by atoms with Gasteiger partial charge in [-0.2, -0.15) is 10.4 Å². The molecule has 1 aliphatic heterocycles. The average molecular weight is 331 g/mol. The Labute approximate surface area is 145 Å². The Morgan fingerprint density at radius 3 is 2.56 bits per heavy atom. The van der Waals surface area contributed by atoms with Crippen molar-refractivity contribution >= 4 is 22.5 Å². The third-order valence-corrected chi connectivity index (χ3v) is 4.64. The number of hydrogen-bond donors (Lipinski definition) is 1. The summed E-state index contributed by atoms with van der Waals surface area (Å²) in [5.41, 5.74) is 3.31. The van der Waals surface area contributed by atoms with Crippen LogP contribution in [0.2, 0.25) is 0 Å². The van der Waals surface area contributed by atoms with Crippen LogP contribution in [0.3, 0.4) is 0 Å². The summed E-state index contributed by atoms with van der Waals surface area (Å²) in [4.78, 5) is 17.0. The Hall–Kier alpha value is -3.33. The minimum atomic E-state index is 0.0477. The SMILES string of the molecule is N#Cc1ccc(N2CCN(C(=O)c3cccc4[nH]ncc34)CC2)cc1. The van der Waals surface area contributed by atoms with Crippen molar-refractivity contribution in [2.45, 2.75) is 0 Å². The fraction of sp³-hybridized carbons (Fsp3) is 0.211. The van der Waals surface area contributed by atoms with Gasteiger partial charge in [-0.15, -0.1) is 0 Å². The molecule has 1 amide bonds. The summed E-state index contributed by atoms with van der Waals surface area (Å²) in [6.45, 7) is 2.90. The number of nitriles is 1. The molecule has 1 saturated heterocycles. The summed E-state index contributed by atoms with van der Waals surface area (Å²) in [6, 6.07) is 15.4. The second-order valence-corrected chi connectivity index (χ2v) is 6.07. The van der Waals surface area contributed by atoms with Crippen LogP contribution in [0.1, 0.15) is 15.9 Å². The third kappa shape index (κ3) is 2.81. The van der Waals surface area contributed by atoms with Gasteiger partial charge in [0, 0.05) is 37.3 Å². The molecule has 2 heterocycles. The van der Waals surface area contributed by atoms with E-state index < -0.39 is 0 Å². The summed E-state index contributed by atoms with van der Waals surface area (Å²) in [5, 5.41) is 16.7. The lowest BCUT2D eigenvalue weighted by Gasteiger charge is -2.36. The number of rotatable bonds is 2. The van der Waals surface area contributed by atoms with Crippen molar-refractivity contribution in [3.8, 4) is 6.07 Å². The number of carbonyl (C=O) groups excluding carboxylic acids is 1. The number of fused-ring (bicyclic) bond motifs is 1. The first-order valence-corrected chi connectivity index (χ1v) is 8.23. The zero-order valence-electron chi connectivity index (χ0n) is 13.6. The molecule has 0 spiro atoms. The van der Waals surface area contributed by atoms with Gasteiger partial charge in [-0.1, -0.05) is 6.07 Å². The van der Waals surface area contributed by atoms with Crippen LogP contribution in [0.4, 0.5) is 5.69 Å². The highest BCUT2D eigenvalue weighted by Gasteiger charge is 2.23. The highest BCUT2D eigenvalue weighted by atomic mass is 16.2. The number of nitrogens with one attached hydrogen (secondary N) is 1. The Morgan fingerprint density at radius 2 is 1.84 bits per heavy atom. The van der Waals surface area contributed by atoms with Crippen LogP contribution < -0.4 is 4.90 Å². The van der Waals surface area contributed by atoms with Gasteiger partial charge in [-0.3, -0.25) is 9.89 Å². The van der Waals surface area contributed by atoms with Crippen molar-refractivity contribution in [3.63, 3.8) is 0 Å². The number of anilines is 1. The maximum atomic E-state index is 12.9. The number of aromatic nitrogens is 2. The van der Waals surface area contributed by atoms with E-state index in [9.17, 15) is 4.79 Å². The van der Waals surface area contributed by atoms with Crippen LogP contribution in [-0.2, 0) is 0 Å². The van der Waals surface area contributed by atoms with E-state index in [4.69, 9.17) is 5.26 Å². The molecule has 1 N–H and O–H groups in total. The van der Waals surface area contributed by atoms with E-state index in [0.717, 1.165) is 29.7 Å². The molecule has 4 rings (SSSR count). The van der Waals surface area contributed by atoms with Crippen LogP contribution in [0, 0.1) is 11.3 Å². The van der Waals surface area contributed by atoms with Crippen LogP contribution >= 0.6 is 0 Å². The molecule has 1 aliphatic rings. The van der Waals surface area contributed by atoms with E-state index >= 15 is 0 Å². The molecule has 124 valence electrons. The molecular weight excluding hydrogens is 314 g/mol. The molecular formula is C19H17N5O. The van der Waals surface area contributed by atoms with Crippen LogP contribution in [0.15, 0.2) is 48.7 Å². The zero-order chi connectivity index (χ0) is 17.2. The van der Waals surface area contributed by atoms with Gasteiger partial charge >= 0.3 is 0 Å². The average Bonchev–Trinajstić information content (AvgIpc) is 3.16. The first-order valence-electron chi connectivity index (χ1n) is 8.23. The first-order chi connectivity index (χ1) is 12.3. The van der Waals surface area contributed by atoms with Gasteiger partial charge in [0.25, 0.3) is 5.91 Å². The van der Waals surface area contributed by atoms with Crippen molar-refractivity contribution in [1.29, 1.82) is 5.26 Å². The minimum Gasteiger partial charge on any atom is -0.368 e. The highest BCUT2D eigenvalue weighted by Crippen LogP contribution is 2.21. The molecule has 0 bridgehead atoms. The molecule has 0 radical (unpaired) electrons. The second kappa shape index (κ2) is 6.29. The topological polar surface area (TPSA) is 76.0 Å². The van der Waals surface area contributed by atoms with Crippen molar-refractivity contribution in [2.75, 3.05) is 31.1 Å². The number of amides is 1. The summed E-state index contributed by atoms with van der Waals surface area (Å²) >= 11 is 0. The van der Waals surface area contributed by atoms with Gasteiger partial charge in [0.1, 0.15) is 0 Å². The predicted octanol–water partition coefficient (Wildman–Crippen LogP) is 2.40. The molecule has 0 saturated carbocycles. The lowest BCUT2D eigenvalue weighted by atomic mass is 10.1. The zero-order valence-corrected chi connectivity index (χ0v) is 13.6. The van der Waals surface area contributed by atoms with E-state index in [2.05, 4.69) is 21.2 Å². The standard InChI is InChI=1S/C19H17N5O/c20-12-14-4-6-15(7-5-14)23-8-10-24(11-9-23)19(25)16-2-1-3-18-17(16)13-21-22-18/h1-7,13H,8-11H2,(H,21,22). The Kier molecular flexibility index (Phi) is 3.82. The normalized spacial score (nSPS) is 14.5. The van der Waals surface area contributed by atoms with Gasteiger partial charge < -0.3 is 9.80 Å².